The zero-order valence-corrected chi connectivity index (χ0v) is 13.2. The number of amides is 1. The van der Waals surface area contributed by atoms with Gasteiger partial charge in [0.05, 0.1) is 11.7 Å². The molecule has 0 radical (unpaired) electrons. The number of carbonyl (C=O) groups excluding carboxylic acids is 1. The SMILES string of the molecule is Cc1nccnc1NCC1CCCN1C(=O)OC(C)(C)C. The number of hydrogen-bond acceptors (Lipinski definition) is 5. The lowest BCUT2D eigenvalue weighted by atomic mass is 10.2. The molecule has 0 spiro atoms. The molecule has 0 saturated carbocycles. The van der Waals surface area contributed by atoms with Gasteiger partial charge in [-0.25, -0.2) is 9.78 Å². The van der Waals surface area contributed by atoms with Crippen LogP contribution in [-0.4, -0.2) is 45.7 Å². The quantitative estimate of drug-likeness (QED) is 0.927. The number of hydrogen-bond donors (Lipinski definition) is 1. The molecule has 6 nitrogen and oxygen atoms in total. The molecule has 21 heavy (non-hydrogen) atoms. The first kappa shape index (κ1) is 15.5. The summed E-state index contributed by atoms with van der Waals surface area (Å²) in [4.78, 5) is 22.5. The van der Waals surface area contributed by atoms with Crippen molar-refractivity contribution in [3.8, 4) is 0 Å². The molecule has 1 N–H and O–H groups in total. The van der Waals surface area contributed by atoms with Crippen molar-refractivity contribution in [3.05, 3.63) is 18.1 Å². The summed E-state index contributed by atoms with van der Waals surface area (Å²) in [6.07, 6.45) is 5.08. The standard InChI is InChI=1S/C15H24N4O2/c1-11-13(17-8-7-16-11)18-10-12-6-5-9-19(12)14(20)21-15(2,3)4/h7-8,12H,5-6,9-10H2,1-4H3,(H,17,18). The Morgan fingerprint density at radius 2 is 2.14 bits per heavy atom. The van der Waals surface area contributed by atoms with Crippen LogP contribution in [0, 0.1) is 6.92 Å². The molecule has 1 amide bonds. The van der Waals surface area contributed by atoms with Crippen molar-refractivity contribution < 1.29 is 9.53 Å². The smallest absolute Gasteiger partial charge is 0.410 e. The van der Waals surface area contributed by atoms with Gasteiger partial charge in [0.25, 0.3) is 0 Å². The number of anilines is 1. The number of nitrogens with one attached hydrogen (secondary N) is 1. The van der Waals surface area contributed by atoms with E-state index in [1.54, 1.807) is 12.4 Å². The number of ether oxygens (including phenoxy) is 1. The molecule has 1 fully saturated rings. The van der Waals surface area contributed by atoms with E-state index in [9.17, 15) is 4.79 Å². The van der Waals surface area contributed by atoms with Crippen molar-refractivity contribution in [1.29, 1.82) is 0 Å². The highest BCUT2D eigenvalue weighted by molar-refractivity contribution is 5.69. The topological polar surface area (TPSA) is 67.4 Å². The van der Waals surface area contributed by atoms with Gasteiger partial charge in [0.15, 0.2) is 0 Å². The van der Waals surface area contributed by atoms with Crippen LogP contribution in [0.2, 0.25) is 0 Å². The highest BCUT2D eigenvalue weighted by Crippen LogP contribution is 2.21. The third-order valence-electron chi connectivity index (χ3n) is 3.39. The Hall–Kier alpha value is -1.85. The Bertz CT molecular complexity index is 499. The summed E-state index contributed by atoms with van der Waals surface area (Å²) < 4.78 is 5.46. The van der Waals surface area contributed by atoms with Crippen LogP contribution in [0.4, 0.5) is 10.6 Å². The third-order valence-corrected chi connectivity index (χ3v) is 3.39. The van der Waals surface area contributed by atoms with E-state index >= 15 is 0 Å². The van der Waals surface area contributed by atoms with E-state index in [4.69, 9.17) is 4.74 Å². The summed E-state index contributed by atoms with van der Waals surface area (Å²) in [6, 6.07) is 0.140. The molecule has 1 aliphatic rings. The molecule has 2 rings (SSSR count). The van der Waals surface area contributed by atoms with Crippen LogP contribution in [0.5, 0.6) is 0 Å². The van der Waals surface area contributed by atoms with Gasteiger partial charge in [-0.2, -0.15) is 0 Å². The van der Waals surface area contributed by atoms with Crippen molar-refractivity contribution in [2.24, 2.45) is 0 Å². The van der Waals surface area contributed by atoms with E-state index < -0.39 is 5.60 Å². The monoisotopic (exact) mass is 292 g/mol. The van der Waals surface area contributed by atoms with E-state index in [0.717, 1.165) is 30.9 Å². The van der Waals surface area contributed by atoms with E-state index in [1.807, 2.05) is 32.6 Å². The fourth-order valence-electron chi connectivity index (χ4n) is 2.40. The van der Waals surface area contributed by atoms with Crippen molar-refractivity contribution >= 4 is 11.9 Å². The molecule has 0 aliphatic carbocycles. The second-order valence-corrected chi connectivity index (χ2v) is 6.34. The van der Waals surface area contributed by atoms with E-state index in [0.29, 0.717) is 6.54 Å². The molecule has 1 aromatic heterocycles. The molecule has 0 bridgehead atoms. The van der Waals surface area contributed by atoms with Crippen LogP contribution >= 0.6 is 0 Å². The van der Waals surface area contributed by atoms with Gasteiger partial charge in [0, 0.05) is 25.5 Å². The number of likely N-dealkylation sites (tertiary alicyclic amines) is 1. The minimum absolute atomic E-state index is 0.140. The summed E-state index contributed by atoms with van der Waals surface area (Å²) in [5.74, 6) is 0.772. The minimum Gasteiger partial charge on any atom is -0.444 e. The van der Waals surface area contributed by atoms with Gasteiger partial charge in [-0.1, -0.05) is 0 Å². The Labute approximate surface area is 125 Å². The van der Waals surface area contributed by atoms with Crippen molar-refractivity contribution in [1.82, 2.24) is 14.9 Å². The molecule has 2 heterocycles. The van der Waals surface area contributed by atoms with E-state index in [2.05, 4.69) is 15.3 Å². The van der Waals surface area contributed by atoms with Gasteiger partial charge in [0.1, 0.15) is 11.4 Å². The molecular formula is C15H24N4O2. The fourth-order valence-corrected chi connectivity index (χ4v) is 2.40. The lowest BCUT2D eigenvalue weighted by molar-refractivity contribution is 0.0235. The Morgan fingerprint density at radius 3 is 2.81 bits per heavy atom. The predicted octanol–water partition coefficient (Wildman–Crippen LogP) is 2.60. The van der Waals surface area contributed by atoms with Crippen molar-refractivity contribution in [3.63, 3.8) is 0 Å². The maximum atomic E-state index is 12.2. The van der Waals surface area contributed by atoms with Gasteiger partial charge in [-0.05, 0) is 40.5 Å². The van der Waals surface area contributed by atoms with Gasteiger partial charge < -0.3 is 15.0 Å². The number of rotatable bonds is 3. The molecule has 6 heteroatoms. The molecule has 1 aliphatic heterocycles. The van der Waals surface area contributed by atoms with Crippen molar-refractivity contribution in [2.45, 2.75) is 52.2 Å². The van der Waals surface area contributed by atoms with Crippen LogP contribution in [0.3, 0.4) is 0 Å². The van der Waals surface area contributed by atoms with Crippen LogP contribution < -0.4 is 5.32 Å². The molecule has 116 valence electrons. The largest absolute Gasteiger partial charge is 0.444 e. The lowest BCUT2D eigenvalue weighted by Crippen LogP contribution is -2.42. The summed E-state index contributed by atoms with van der Waals surface area (Å²) in [5, 5.41) is 3.28. The van der Waals surface area contributed by atoms with Gasteiger partial charge in [-0.15, -0.1) is 0 Å². The number of aromatic nitrogens is 2. The average Bonchev–Trinajstić information content (AvgIpc) is 2.84. The fraction of sp³-hybridized carbons (Fsp3) is 0.667. The van der Waals surface area contributed by atoms with Crippen LogP contribution in [-0.2, 0) is 4.74 Å². The average molecular weight is 292 g/mol. The summed E-state index contributed by atoms with van der Waals surface area (Å²) >= 11 is 0. The normalized spacial score (nSPS) is 18.7. The highest BCUT2D eigenvalue weighted by atomic mass is 16.6. The van der Waals surface area contributed by atoms with E-state index in [1.165, 1.54) is 0 Å². The van der Waals surface area contributed by atoms with Crippen LogP contribution in [0.25, 0.3) is 0 Å². The van der Waals surface area contributed by atoms with Crippen molar-refractivity contribution in [2.75, 3.05) is 18.4 Å². The predicted molar refractivity (Wildman–Crippen MR) is 81.2 cm³/mol. The zero-order chi connectivity index (χ0) is 15.5. The molecular weight excluding hydrogens is 268 g/mol. The van der Waals surface area contributed by atoms with Gasteiger partial charge in [-0.3, -0.25) is 4.98 Å². The summed E-state index contributed by atoms with van der Waals surface area (Å²) in [6.45, 7) is 8.99. The first-order valence-electron chi connectivity index (χ1n) is 7.38. The van der Waals surface area contributed by atoms with Gasteiger partial charge >= 0.3 is 6.09 Å². The Kier molecular flexibility index (Phi) is 4.65. The first-order valence-corrected chi connectivity index (χ1v) is 7.38. The van der Waals surface area contributed by atoms with Crippen LogP contribution in [0.1, 0.15) is 39.3 Å². The Morgan fingerprint density at radius 1 is 1.43 bits per heavy atom. The molecule has 0 aromatic carbocycles. The first-order chi connectivity index (χ1) is 9.87. The molecule has 1 unspecified atom stereocenters. The zero-order valence-electron chi connectivity index (χ0n) is 13.2. The summed E-state index contributed by atoms with van der Waals surface area (Å²) in [5.41, 5.74) is 0.401. The summed E-state index contributed by atoms with van der Waals surface area (Å²) in [7, 11) is 0. The van der Waals surface area contributed by atoms with Gasteiger partial charge in [0.2, 0.25) is 0 Å². The van der Waals surface area contributed by atoms with E-state index in [-0.39, 0.29) is 12.1 Å². The highest BCUT2D eigenvalue weighted by Gasteiger charge is 2.32. The molecule has 1 saturated heterocycles. The molecule has 1 aromatic rings. The minimum atomic E-state index is -0.459. The van der Waals surface area contributed by atoms with Crippen LogP contribution in [0.15, 0.2) is 12.4 Å². The number of nitrogens with zero attached hydrogens (tertiary/aromatic N) is 3. The number of aryl methyl sites for hydroxylation is 1. The Balaban J connectivity index is 1.93. The third kappa shape index (κ3) is 4.31. The molecule has 1 atom stereocenters. The second kappa shape index (κ2) is 6.28. The number of carbonyl (C=O) groups is 1. The maximum absolute atomic E-state index is 12.2. The maximum Gasteiger partial charge on any atom is 0.410 e. The lowest BCUT2D eigenvalue weighted by Gasteiger charge is -2.28. The second-order valence-electron chi connectivity index (χ2n) is 6.34.